The van der Waals surface area contributed by atoms with Gasteiger partial charge in [-0.05, 0) is 271 Å². The van der Waals surface area contributed by atoms with E-state index in [0.29, 0.717) is 0 Å². The van der Waals surface area contributed by atoms with Crippen molar-refractivity contribution in [2.45, 2.75) is 314 Å². The minimum absolute atomic E-state index is 0.167. The van der Waals surface area contributed by atoms with Gasteiger partial charge in [-0.3, -0.25) is 0 Å². The third-order valence-corrected chi connectivity index (χ3v) is 35.0. The number of hydrogen-bond acceptors (Lipinski definition) is 4. The Labute approximate surface area is 822 Å². The highest BCUT2D eigenvalue weighted by atomic mass is 29.1. The SMILES string of the molecule is CC(C)(C)c1cc(-c2c3nc(c(-c4cc(C(C)(C)C)cc(C(C)(C)C)c4)c4ccc([nH]4)c(-c4cc(C(C)(C)C)cc(C(C)(C)C)c4)c4nc5cc6[nH]c2cc6[Si][Si]c2cc6[nH]c2cc2nc(c(-c7cc(C(C)(C)C)cc(C(C)(C)C)c7)c7ccc([nH]7)c(-c7cc(C(C)(C)C)cc(C(C)(C)C)c7)c7nc(c6-c6cc(C(C)(C)C)cc(C(C)(C)C)c6)C=C7)C=C2[Si][Si]C5=C4)C=C3)cc(C(C)(C)C)c1. The van der Waals surface area contributed by atoms with Crippen LogP contribution in [0.1, 0.15) is 362 Å². The van der Waals surface area contributed by atoms with Gasteiger partial charge in [-0.1, -0.05) is 358 Å². The van der Waals surface area contributed by atoms with Gasteiger partial charge in [0.1, 0.15) is 0 Å². The molecule has 8 nitrogen and oxygen atoms in total. The molecule has 0 aliphatic carbocycles. The third kappa shape index (κ3) is 19.6. The summed E-state index contributed by atoms with van der Waals surface area (Å²) < 4.78 is 0. The van der Waals surface area contributed by atoms with Crippen LogP contribution in [0, 0.1) is 0 Å². The number of rotatable bonds is 6. The summed E-state index contributed by atoms with van der Waals surface area (Å²) in [5, 5.41) is 4.83. The second kappa shape index (κ2) is 33.6. The van der Waals surface area contributed by atoms with Gasteiger partial charge in [-0.2, -0.15) is 0 Å². The van der Waals surface area contributed by atoms with E-state index in [1.165, 1.54) is 87.5 Å². The summed E-state index contributed by atoms with van der Waals surface area (Å²) in [6.07, 6.45) is 14.2. The van der Waals surface area contributed by atoms with E-state index in [1.54, 1.807) is 0 Å². The molecule has 0 unspecified atom stereocenters. The molecule has 0 fully saturated rings. The molecule has 8 radical (unpaired) electrons. The Morgan fingerprint density at radius 3 is 0.544 bits per heavy atom. The van der Waals surface area contributed by atoms with E-state index in [0.717, 1.165) is 156 Å². The molecule has 4 N–H and O–H groups in total. The van der Waals surface area contributed by atoms with Crippen molar-refractivity contribution < 1.29 is 0 Å². The van der Waals surface area contributed by atoms with Gasteiger partial charge < -0.3 is 19.9 Å². The molecule has 0 amide bonds. The fraction of sp³-hybridized carbons (Fsp3) is 0.387. The van der Waals surface area contributed by atoms with E-state index in [9.17, 15) is 0 Å². The van der Waals surface area contributed by atoms with Crippen LogP contribution in [0.25, 0.3) is 158 Å². The number of hydrogen-bond donors (Lipinski definition) is 4. The largest absolute Gasteiger partial charge is 0.355 e. The molecule has 5 aliphatic rings. The van der Waals surface area contributed by atoms with Crippen LogP contribution in [0.15, 0.2) is 158 Å². The Bertz CT molecular complexity index is 6790. The van der Waals surface area contributed by atoms with Crippen LogP contribution in [0.3, 0.4) is 0 Å². The van der Waals surface area contributed by atoms with Crippen LogP contribution < -0.4 is 10.4 Å². The Hall–Kier alpha value is -10.6. The van der Waals surface area contributed by atoms with Gasteiger partial charge in [0.25, 0.3) is 0 Å². The van der Waals surface area contributed by atoms with Gasteiger partial charge in [0, 0.05) is 77.5 Å². The van der Waals surface area contributed by atoms with Gasteiger partial charge in [0.05, 0.1) is 81.7 Å². The normalized spacial score (nSPS) is 14.5. The number of H-pyrrole nitrogens is 4. The molecule has 696 valence electrons. The number of benzene rings is 6. The number of nitrogens with one attached hydrogen (secondary N) is 4. The Kier molecular flexibility index (Phi) is 24.0. The fourth-order valence-electron chi connectivity index (χ4n) is 18.9. The quantitative estimate of drug-likeness (QED) is 0.124. The maximum Gasteiger partial charge on any atom is 0.0743 e. The first-order chi connectivity index (χ1) is 62.8. The highest BCUT2D eigenvalue weighted by molar-refractivity contribution is 7.18. The zero-order chi connectivity index (χ0) is 98.5. The van der Waals surface area contributed by atoms with Gasteiger partial charge in [0.2, 0.25) is 0 Å². The minimum atomic E-state index is -0.184. The lowest BCUT2D eigenvalue weighted by molar-refractivity contribution is 0.568. The predicted octanol–water partition coefficient (Wildman–Crippen LogP) is 31.5. The van der Waals surface area contributed by atoms with Crippen molar-refractivity contribution in [3.05, 3.63) is 270 Å². The zero-order valence-corrected chi connectivity index (χ0v) is 92.3. The molecule has 6 aromatic heterocycles. The van der Waals surface area contributed by atoms with Gasteiger partial charge in [-0.15, -0.1) is 0 Å². The van der Waals surface area contributed by atoms with Crippen LogP contribution in [0.5, 0.6) is 0 Å². The van der Waals surface area contributed by atoms with Crippen LogP contribution in [-0.2, 0) is 65.0 Å². The molecule has 5 aliphatic heterocycles. The lowest BCUT2D eigenvalue weighted by atomic mass is 9.78. The summed E-state index contributed by atoms with van der Waals surface area (Å²) in [5.41, 5.74) is 41.6. The van der Waals surface area contributed by atoms with Crippen molar-refractivity contribution in [2.24, 2.45) is 0 Å². The van der Waals surface area contributed by atoms with Gasteiger partial charge >= 0.3 is 0 Å². The van der Waals surface area contributed by atoms with Crippen molar-refractivity contribution in [1.82, 2.24) is 39.9 Å². The van der Waals surface area contributed by atoms with Crippen LogP contribution in [0.2, 0.25) is 0 Å². The first kappa shape index (κ1) is 97.0. The van der Waals surface area contributed by atoms with E-state index in [1.807, 2.05) is 0 Å². The first-order valence-corrected chi connectivity index (χ1v) is 55.3. The average Bonchev–Trinajstić information content (AvgIpc) is 1.61. The van der Waals surface area contributed by atoms with Crippen LogP contribution in [0.4, 0.5) is 0 Å². The molecular weight excluding hydrogens is 1710 g/mol. The molecule has 17 rings (SSSR count). The first-order valence-electron chi connectivity index (χ1n) is 49.3. The van der Waals surface area contributed by atoms with E-state index in [4.69, 9.17) is 19.9 Å². The minimum Gasteiger partial charge on any atom is -0.355 e. The van der Waals surface area contributed by atoms with Gasteiger partial charge in [-0.25, -0.2) is 19.9 Å². The predicted molar refractivity (Wildman–Crippen MR) is 595 cm³/mol. The monoisotopic (exact) mass is 1860 g/mol. The molecule has 12 heteroatoms. The Morgan fingerprint density at radius 1 is 0.176 bits per heavy atom. The molecule has 0 saturated carbocycles. The van der Waals surface area contributed by atoms with Gasteiger partial charge in [0.15, 0.2) is 0 Å². The summed E-state index contributed by atoms with van der Waals surface area (Å²) in [6, 6.07) is 63.4. The molecule has 12 aromatic rings. The molecule has 0 atom stereocenters. The summed E-state index contributed by atoms with van der Waals surface area (Å²) in [6.45, 7) is 84.7. The molecular formula is C124H144N8Si4. The van der Waals surface area contributed by atoms with Crippen LogP contribution >= 0.6 is 0 Å². The van der Waals surface area contributed by atoms with Crippen molar-refractivity contribution >= 4 is 138 Å². The van der Waals surface area contributed by atoms with Crippen molar-refractivity contribution in [3.8, 4) is 66.8 Å². The highest BCUT2D eigenvalue weighted by Gasteiger charge is 2.35. The number of aromatic nitrogens is 8. The lowest BCUT2D eigenvalue weighted by Gasteiger charge is -2.26. The number of aromatic amines is 4. The van der Waals surface area contributed by atoms with Crippen molar-refractivity contribution in [3.63, 3.8) is 0 Å². The smallest absolute Gasteiger partial charge is 0.0743 e. The molecule has 136 heavy (non-hydrogen) atoms. The summed E-state index contributed by atoms with van der Waals surface area (Å²) in [5.74, 6) is 0. The van der Waals surface area contributed by atoms with Crippen molar-refractivity contribution in [2.75, 3.05) is 0 Å². The molecule has 0 spiro atoms. The fourth-order valence-corrected chi connectivity index (χ4v) is 25.4. The van der Waals surface area contributed by atoms with E-state index < -0.39 is 0 Å². The summed E-state index contributed by atoms with van der Waals surface area (Å²) in [4.78, 5) is 42.0. The maximum absolute atomic E-state index is 6.24. The summed E-state index contributed by atoms with van der Waals surface area (Å²) in [7, 11) is 1.11. The lowest BCUT2D eigenvalue weighted by Crippen LogP contribution is -2.28. The standard InChI is InChI=1S/C124H144N8Si4/c1-113(2,3)75-45-69(46-76(57-75)114(4,5)6)107-87-37-41-91(125-87)109(71-49-79(117(13,14)15)59-80(50-71)118(16,17)18)99-65-103-95(129-99)63-96-104(66-100(130-96)110(92-42-38-88(107)126-92)72-51-81(119(19,20)21)60-82(52-72)120(22,23)24)134-136-106-68-102-112(74-55-85(123(31,32)33)62-86(56-74)124(34,35)36)94-44-40-90(128-94)108(70-47-77(115(7,8)9)58-78(48-70)116(10,11)12)89-39-43-93(127-89)111(101-67-105(135-133-103)97(131-101)64-98(106)132-102)73-53-83(121(25,26)27)61-84(54-73)122(28,29)30/h37-68,125,127,130,132H,1-36H3. The second-order valence-corrected chi connectivity index (χ2v) is 57.9. The Morgan fingerprint density at radius 2 is 0.353 bits per heavy atom. The molecule has 11 heterocycles. The third-order valence-electron chi connectivity index (χ3n) is 28.0. The number of fused-ring (bicyclic) bond motifs is 12. The van der Waals surface area contributed by atoms with E-state index in [-0.39, 0.29) is 101 Å². The molecule has 6 aromatic carbocycles. The zero-order valence-electron chi connectivity index (χ0n) is 88.3. The van der Waals surface area contributed by atoms with E-state index in [2.05, 4.69) is 463 Å². The maximum atomic E-state index is 6.24. The summed E-state index contributed by atoms with van der Waals surface area (Å²) >= 11 is 0. The second-order valence-electron chi connectivity index (χ2n) is 51.7. The molecule has 16 bridgehead atoms. The van der Waals surface area contributed by atoms with Crippen molar-refractivity contribution in [1.29, 1.82) is 0 Å². The topological polar surface area (TPSA) is 115 Å². The average molecular weight is 1860 g/mol. The van der Waals surface area contributed by atoms with E-state index >= 15 is 0 Å². The molecule has 0 saturated heterocycles. The number of nitrogens with zero attached hydrogens (tertiary/aromatic N) is 4. The Balaban J connectivity index is 1.07. The highest BCUT2D eigenvalue weighted by Crippen LogP contribution is 2.49. The van der Waals surface area contributed by atoms with Crippen LogP contribution in [-0.4, -0.2) is 76.0 Å².